The SMILES string of the molecule is COCc1c(C(=O)Nc2ccccc2NS(=O)(=O)c2ccccc2)sc2cccc(F)c12. The van der Waals surface area contributed by atoms with Gasteiger partial charge >= 0.3 is 0 Å². The maximum atomic E-state index is 14.4. The molecule has 0 unspecified atom stereocenters. The molecule has 0 saturated carbocycles. The number of nitrogens with one attached hydrogen (secondary N) is 2. The monoisotopic (exact) mass is 470 g/mol. The largest absolute Gasteiger partial charge is 0.380 e. The van der Waals surface area contributed by atoms with Gasteiger partial charge in [-0.15, -0.1) is 11.3 Å². The van der Waals surface area contributed by atoms with E-state index < -0.39 is 21.7 Å². The third-order valence-electron chi connectivity index (χ3n) is 4.73. The Morgan fingerprint density at radius 1 is 0.969 bits per heavy atom. The van der Waals surface area contributed by atoms with Crippen molar-refractivity contribution in [3.05, 3.63) is 89.1 Å². The van der Waals surface area contributed by atoms with Crippen LogP contribution >= 0.6 is 11.3 Å². The molecule has 164 valence electrons. The summed E-state index contributed by atoms with van der Waals surface area (Å²) in [5.41, 5.74) is 0.939. The highest BCUT2D eigenvalue weighted by Crippen LogP contribution is 2.35. The third kappa shape index (κ3) is 4.36. The number of anilines is 2. The molecular weight excluding hydrogens is 451 g/mol. The Hall–Kier alpha value is -3.27. The number of para-hydroxylation sites is 2. The number of halogens is 1. The van der Waals surface area contributed by atoms with Gasteiger partial charge in [-0.05, 0) is 36.4 Å². The first kappa shape index (κ1) is 21.9. The number of rotatable bonds is 7. The molecule has 0 bridgehead atoms. The van der Waals surface area contributed by atoms with Gasteiger partial charge in [0.15, 0.2) is 0 Å². The molecule has 0 aliphatic carbocycles. The summed E-state index contributed by atoms with van der Waals surface area (Å²) in [4.78, 5) is 13.5. The summed E-state index contributed by atoms with van der Waals surface area (Å²) in [6, 6.07) is 19.1. The second-order valence-corrected chi connectivity index (χ2v) is 9.61. The Morgan fingerprint density at radius 2 is 1.66 bits per heavy atom. The van der Waals surface area contributed by atoms with E-state index in [2.05, 4.69) is 10.0 Å². The van der Waals surface area contributed by atoms with E-state index in [1.165, 1.54) is 25.3 Å². The van der Waals surface area contributed by atoms with Crippen LogP contribution in [0.1, 0.15) is 15.2 Å². The summed E-state index contributed by atoms with van der Waals surface area (Å²) in [7, 11) is -2.38. The summed E-state index contributed by atoms with van der Waals surface area (Å²) in [6.45, 7) is 0.0615. The van der Waals surface area contributed by atoms with Crippen LogP contribution in [-0.2, 0) is 21.4 Å². The number of methoxy groups -OCH3 is 1. The average Bonchev–Trinajstić information content (AvgIpc) is 3.16. The first-order chi connectivity index (χ1) is 15.4. The lowest BCUT2D eigenvalue weighted by Gasteiger charge is -2.13. The molecule has 4 rings (SSSR count). The van der Waals surface area contributed by atoms with Gasteiger partial charge in [0, 0.05) is 22.8 Å². The molecule has 0 fully saturated rings. The Balaban J connectivity index is 1.67. The summed E-state index contributed by atoms with van der Waals surface area (Å²) in [6.07, 6.45) is 0. The van der Waals surface area contributed by atoms with E-state index in [9.17, 15) is 17.6 Å². The predicted molar refractivity (Wildman–Crippen MR) is 124 cm³/mol. The van der Waals surface area contributed by atoms with E-state index in [1.54, 1.807) is 54.6 Å². The highest BCUT2D eigenvalue weighted by atomic mass is 32.2. The Labute approximate surface area is 188 Å². The normalized spacial score (nSPS) is 11.4. The van der Waals surface area contributed by atoms with E-state index in [4.69, 9.17) is 4.74 Å². The van der Waals surface area contributed by atoms with E-state index >= 15 is 0 Å². The minimum Gasteiger partial charge on any atom is -0.380 e. The lowest BCUT2D eigenvalue weighted by atomic mass is 10.1. The second kappa shape index (κ2) is 9.07. The van der Waals surface area contributed by atoms with Crippen molar-refractivity contribution in [1.29, 1.82) is 0 Å². The average molecular weight is 471 g/mol. The molecule has 0 atom stereocenters. The van der Waals surface area contributed by atoms with E-state index in [0.717, 1.165) is 11.3 Å². The molecule has 0 radical (unpaired) electrons. The molecule has 9 heteroatoms. The molecule has 0 saturated heterocycles. The fraction of sp³-hybridized carbons (Fsp3) is 0.0870. The van der Waals surface area contributed by atoms with Crippen LogP contribution < -0.4 is 10.0 Å². The minimum absolute atomic E-state index is 0.0615. The maximum Gasteiger partial charge on any atom is 0.266 e. The number of fused-ring (bicyclic) bond motifs is 1. The van der Waals surface area contributed by atoms with Crippen molar-refractivity contribution < 1.29 is 22.3 Å². The summed E-state index contributed by atoms with van der Waals surface area (Å²) in [5, 5.41) is 3.10. The van der Waals surface area contributed by atoms with Crippen LogP contribution in [0.25, 0.3) is 10.1 Å². The van der Waals surface area contributed by atoms with Gasteiger partial charge in [0.05, 0.1) is 27.8 Å². The number of amides is 1. The van der Waals surface area contributed by atoms with Gasteiger partial charge in [-0.3, -0.25) is 9.52 Å². The Bertz CT molecular complexity index is 1390. The second-order valence-electron chi connectivity index (χ2n) is 6.87. The van der Waals surface area contributed by atoms with Crippen molar-refractivity contribution in [2.45, 2.75) is 11.5 Å². The highest BCUT2D eigenvalue weighted by Gasteiger charge is 2.22. The zero-order valence-electron chi connectivity index (χ0n) is 17.0. The van der Waals surface area contributed by atoms with Crippen LogP contribution in [0.3, 0.4) is 0 Å². The first-order valence-electron chi connectivity index (χ1n) is 9.58. The van der Waals surface area contributed by atoms with Gasteiger partial charge in [0.2, 0.25) is 0 Å². The van der Waals surface area contributed by atoms with Gasteiger partial charge in [-0.1, -0.05) is 36.4 Å². The van der Waals surface area contributed by atoms with Crippen molar-refractivity contribution in [3.63, 3.8) is 0 Å². The quantitative estimate of drug-likeness (QED) is 0.387. The molecule has 1 heterocycles. The molecule has 1 amide bonds. The fourth-order valence-electron chi connectivity index (χ4n) is 3.30. The molecule has 1 aromatic heterocycles. The van der Waals surface area contributed by atoms with Crippen molar-refractivity contribution in [2.24, 2.45) is 0 Å². The zero-order chi connectivity index (χ0) is 22.7. The lowest BCUT2D eigenvalue weighted by molar-refractivity contribution is 0.102. The summed E-state index contributed by atoms with van der Waals surface area (Å²) in [5.74, 6) is -0.912. The number of carbonyl (C=O) groups excluding carboxylic acids is 1. The minimum atomic E-state index is -3.85. The molecule has 0 aliphatic heterocycles. The number of hydrogen-bond donors (Lipinski definition) is 2. The number of thiophene rings is 1. The summed E-state index contributed by atoms with van der Waals surface area (Å²) < 4.78 is 48.2. The number of carbonyl (C=O) groups is 1. The van der Waals surface area contributed by atoms with Crippen molar-refractivity contribution in [1.82, 2.24) is 0 Å². The standard InChI is InChI=1S/C23H19FN2O4S2/c1-30-14-16-21-17(24)10-7-13-20(21)31-22(16)23(27)25-18-11-5-6-12-19(18)26-32(28,29)15-8-3-2-4-9-15/h2-13,26H,14H2,1H3,(H,25,27). The van der Waals surface area contributed by atoms with Gasteiger partial charge in [-0.25, -0.2) is 12.8 Å². The van der Waals surface area contributed by atoms with Crippen LogP contribution in [0, 0.1) is 5.82 Å². The number of benzene rings is 3. The summed E-state index contributed by atoms with van der Waals surface area (Å²) >= 11 is 1.15. The van der Waals surface area contributed by atoms with Gasteiger partial charge in [0.1, 0.15) is 5.82 Å². The molecule has 0 aliphatic rings. The third-order valence-corrected chi connectivity index (χ3v) is 7.31. The molecule has 3 aromatic carbocycles. The van der Waals surface area contributed by atoms with Crippen molar-refractivity contribution in [3.8, 4) is 0 Å². The smallest absolute Gasteiger partial charge is 0.266 e. The van der Waals surface area contributed by atoms with Crippen molar-refractivity contribution in [2.75, 3.05) is 17.1 Å². The molecule has 0 spiro atoms. The van der Waals surface area contributed by atoms with E-state index in [-0.39, 0.29) is 22.9 Å². The molecule has 4 aromatic rings. The number of sulfonamides is 1. The van der Waals surface area contributed by atoms with E-state index in [0.29, 0.717) is 20.5 Å². The molecule has 6 nitrogen and oxygen atoms in total. The van der Waals surface area contributed by atoms with Gasteiger partial charge < -0.3 is 10.1 Å². The zero-order valence-corrected chi connectivity index (χ0v) is 18.6. The van der Waals surface area contributed by atoms with Gasteiger partial charge in [-0.2, -0.15) is 0 Å². The molecule has 2 N–H and O–H groups in total. The maximum absolute atomic E-state index is 14.4. The Morgan fingerprint density at radius 3 is 2.38 bits per heavy atom. The van der Waals surface area contributed by atoms with Crippen LogP contribution in [0.15, 0.2) is 77.7 Å². The van der Waals surface area contributed by atoms with Crippen LogP contribution in [-0.4, -0.2) is 21.4 Å². The highest BCUT2D eigenvalue weighted by molar-refractivity contribution is 7.92. The number of ether oxygens (including phenoxy) is 1. The van der Waals surface area contributed by atoms with Crippen LogP contribution in [0.5, 0.6) is 0 Å². The first-order valence-corrected chi connectivity index (χ1v) is 11.9. The molecule has 32 heavy (non-hydrogen) atoms. The molecular formula is C23H19FN2O4S2. The lowest BCUT2D eigenvalue weighted by Crippen LogP contribution is -2.17. The number of hydrogen-bond acceptors (Lipinski definition) is 5. The van der Waals surface area contributed by atoms with Gasteiger partial charge in [0.25, 0.3) is 15.9 Å². The van der Waals surface area contributed by atoms with Crippen LogP contribution in [0.4, 0.5) is 15.8 Å². The fourth-order valence-corrected chi connectivity index (χ4v) is 5.51. The predicted octanol–water partition coefficient (Wildman–Crippen LogP) is 5.24. The van der Waals surface area contributed by atoms with Crippen molar-refractivity contribution >= 4 is 48.7 Å². The van der Waals surface area contributed by atoms with E-state index in [1.807, 2.05) is 0 Å². The Kier molecular flexibility index (Phi) is 6.22. The van der Waals surface area contributed by atoms with Crippen LogP contribution in [0.2, 0.25) is 0 Å². The topological polar surface area (TPSA) is 84.5 Å².